The topological polar surface area (TPSA) is 41.6 Å². The Bertz CT molecular complexity index is 887. The highest BCUT2D eigenvalue weighted by Gasteiger charge is 2.35. The van der Waals surface area contributed by atoms with Crippen LogP contribution in [0, 0.1) is 13.8 Å². The molecule has 0 unspecified atom stereocenters. The lowest BCUT2D eigenvalue weighted by molar-refractivity contribution is -0.136. The quantitative estimate of drug-likeness (QED) is 0.652. The molecule has 134 valence electrons. The molecule has 3 rings (SSSR count). The van der Waals surface area contributed by atoms with Crippen LogP contribution in [-0.2, 0) is 9.53 Å². The zero-order chi connectivity index (χ0) is 18.8. The molecule has 1 aliphatic rings. The molecular weight excluding hydrogens is 344 g/mol. The van der Waals surface area contributed by atoms with Crippen molar-refractivity contribution < 1.29 is 9.53 Å². The standard InChI is InChI=1S/C21H22N2O2S/c1-13-8-10-17(11-9-13)23-15(3)18(20(24)25-4)19(22-21(23)26)16-7-5-6-14(2)12-16/h5-12,19H,1-4H3,(H,22,26)/t19-/m0/s1. The zero-order valence-corrected chi connectivity index (χ0v) is 16.2. The average Bonchev–Trinajstić information content (AvgIpc) is 2.62. The van der Waals surface area contributed by atoms with E-state index in [1.165, 1.54) is 7.11 Å². The first-order valence-corrected chi connectivity index (χ1v) is 8.86. The Labute approximate surface area is 159 Å². The summed E-state index contributed by atoms with van der Waals surface area (Å²) in [5, 5.41) is 3.88. The molecule has 4 nitrogen and oxygen atoms in total. The van der Waals surface area contributed by atoms with Crippen LogP contribution < -0.4 is 10.2 Å². The summed E-state index contributed by atoms with van der Waals surface area (Å²) < 4.78 is 5.07. The molecule has 0 fully saturated rings. The Morgan fingerprint density at radius 2 is 1.77 bits per heavy atom. The fourth-order valence-corrected chi connectivity index (χ4v) is 3.58. The first-order chi connectivity index (χ1) is 12.4. The van der Waals surface area contributed by atoms with E-state index in [2.05, 4.69) is 11.4 Å². The van der Waals surface area contributed by atoms with Gasteiger partial charge in [-0.3, -0.25) is 4.90 Å². The lowest BCUT2D eigenvalue weighted by atomic mass is 9.94. The number of nitrogens with zero attached hydrogens (tertiary/aromatic N) is 1. The number of carbonyl (C=O) groups excluding carboxylic acids is 1. The highest BCUT2D eigenvalue weighted by Crippen LogP contribution is 2.34. The molecule has 1 aliphatic heterocycles. The molecule has 0 amide bonds. The third-order valence-electron chi connectivity index (χ3n) is 4.56. The van der Waals surface area contributed by atoms with E-state index in [0.717, 1.165) is 28.1 Å². The maximum atomic E-state index is 12.6. The lowest BCUT2D eigenvalue weighted by Crippen LogP contribution is -2.48. The van der Waals surface area contributed by atoms with Crippen LogP contribution in [0.2, 0.25) is 0 Å². The summed E-state index contributed by atoms with van der Waals surface area (Å²) in [6.07, 6.45) is 0. The lowest BCUT2D eigenvalue weighted by Gasteiger charge is -2.37. The molecule has 2 aromatic rings. The first-order valence-electron chi connectivity index (χ1n) is 8.45. The van der Waals surface area contributed by atoms with E-state index in [-0.39, 0.29) is 12.0 Å². The number of allylic oxidation sites excluding steroid dienone is 1. The Balaban J connectivity index is 2.13. The summed E-state index contributed by atoms with van der Waals surface area (Å²) in [5.41, 5.74) is 5.52. The van der Waals surface area contributed by atoms with Gasteiger partial charge in [-0.05, 0) is 50.7 Å². The van der Waals surface area contributed by atoms with E-state index in [0.29, 0.717) is 10.7 Å². The Hall–Kier alpha value is -2.66. The second-order valence-corrected chi connectivity index (χ2v) is 6.84. The first kappa shape index (κ1) is 18.1. The number of ether oxygens (including phenoxy) is 1. The fourth-order valence-electron chi connectivity index (χ4n) is 3.22. The molecule has 1 N–H and O–H groups in total. The third kappa shape index (κ3) is 3.35. The maximum Gasteiger partial charge on any atom is 0.337 e. The Kier molecular flexibility index (Phi) is 5.09. The van der Waals surface area contributed by atoms with Crippen molar-refractivity contribution in [2.24, 2.45) is 0 Å². The van der Waals surface area contributed by atoms with Gasteiger partial charge < -0.3 is 10.1 Å². The van der Waals surface area contributed by atoms with Crippen LogP contribution in [-0.4, -0.2) is 18.2 Å². The average molecular weight is 366 g/mol. The molecule has 0 aliphatic carbocycles. The molecule has 26 heavy (non-hydrogen) atoms. The molecule has 5 heteroatoms. The van der Waals surface area contributed by atoms with Crippen molar-refractivity contribution in [3.63, 3.8) is 0 Å². The van der Waals surface area contributed by atoms with Gasteiger partial charge >= 0.3 is 5.97 Å². The van der Waals surface area contributed by atoms with Crippen LogP contribution >= 0.6 is 12.2 Å². The van der Waals surface area contributed by atoms with Crippen molar-refractivity contribution in [3.8, 4) is 0 Å². The summed E-state index contributed by atoms with van der Waals surface area (Å²) in [4.78, 5) is 14.5. The van der Waals surface area contributed by atoms with Crippen molar-refractivity contribution >= 4 is 29.0 Å². The van der Waals surface area contributed by atoms with Gasteiger partial charge in [0.2, 0.25) is 0 Å². The number of benzene rings is 2. The van der Waals surface area contributed by atoms with Gasteiger partial charge in [0.25, 0.3) is 0 Å². The van der Waals surface area contributed by atoms with Crippen molar-refractivity contribution in [1.82, 2.24) is 5.32 Å². The minimum atomic E-state index is -0.360. The fraction of sp³-hybridized carbons (Fsp3) is 0.238. The molecule has 0 spiro atoms. The van der Waals surface area contributed by atoms with Crippen LogP contribution in [0.5, 0.6) is 0 Å². The van der Waals surface area contributed by atoms with Gasteiger partial charge in [-0.1, -0.05) is 47.5 Å². The molecule has 0 saturated carbocycles. The monoisotopic (exact) mass is 366 g/mol. The van der Waals surface area contributed by atoms with Gasteiger partial charge in [0.05, 0.1) is 18.7 Å². The number of hydrogen-bond donors (Lipinski definition) is 1. The van der Waals surface area contributed by atoms with Crippen LogP contribution in [0.4, 0.5) is 5.69 Å². The number of hydrogen-bond acceptors (Lipinski definition) is 3. The number of carbonyl (C=O) groups is 1. The molecule has 0 aromatic heterocycles. The number of esters is 1. The SMILES string of the molecule is COC(=O)C1=C(C)N(c2ccc(C)cc2)C(=S)N[C@H]1c1cccc(C)c1. The van der Waals surface area contributed by atoms with Gasteiger partial charge in [-0.25, -0.2) is 4.79 Å². The van der Waals surface area contributed by atoms with E-state index in [1.807, 2.05) is 68.1 Å². The Morgan fingerprint density at radius 3 is 2.38 bits per heavy atom. The van der Waals surface area contributed by atoms with Crippen LogP contribution in [0.3, 0.4) is 0 Å². The van der Waals surface area contributed by atoms with Crippen molar-refractivity contribution in [2.45, 2.75) is 26.8 Å². The van der Waals surface area contributed by atoms with Gasteiger partial charge in [0, 0.05) is 11.4 Å². The summed E-state index contributed by atoms with van der Waals surface area (Å²) >= 11 is 5.63. The zero-order valence-electron chi connectivity index (χ0n) is 15.4. The second kappa shape index (κ2) is 7.30. The van der Waals surface area contributed by atoms with Gasteiger partial charge in [-0.2, -0.15) is 0 Å². The molecule has 0 bridgehead atoms. The molecular formula is C21H22N2O2S. The number of nitrogens with one attached hydrogen (secondary N) is 1. The largest absolute Gasteiger partial charge is 0.466 e. The minimum Gasteiger partial charge on any atom is -0.466 e. The normalized spacial score (nSPS) is 17.2. The van der Waals surface area contributed by atoms with Crippen LogP contribution in [0.15, 0.2) is 59.8 Å². The van der Waals surface area contributed by atoms with Gasteiger partial charge in [0.1, 0.15) is 0 Å². The number of methoxy groups -OCH3 is 1. The maximum absolute atomic E-state index is 12.6. The molecule has 1 heterocycles. The predicted molar refractivity (Wildman–Crippen MR) is 108 cm³/mol. The van der Waals surface area contributed by atoms with E-state index in [1.54, 1.807) is 0 Å². The summed E-state index contributed by atoms with van der Waals surface area (Å²) in [5.74, 6) is -0.360. The smallest absolute Gasteiger partial charge is 0.337 e. The van der Waals surface area contributed by atoms with Crippen molar-refractivity contribution in [2.75, 3.05) is 12.0 Å². The van der Waals surface area contributed by atoms with Gasteiger partial charge in [-0.15, -0.1) is 0 Å². The van der Waals surface area contributed by atoms with E-state index in [9.17, 15) is 4.79 Å². The molecule has 0 radical (unpaired) electrons. The van der Waals surface area contributed by atoms with E-state index in [4.69, 9.17) is 17.0 Å². The number of anilines is 1. The highest BCUT2D eigenvalue weighted by molar-refractivity contribution is 7.80. The molecule has 0 saturated heterocycles. The summed E-state index contributed by atoms with van der Waals surface area (Å²) in [6.45, 7) is 5.96. The molecule has 2 aromatic carbocycles. The van der Waals surface area contributed by atoms with Crippen molar-refractivity contribution in [3.05, 3.63) is 76.5 Å². The minimum absolute atomic E-state index is 0.337. The predicted octanol–water partition coefficient (Wildman–Crippen LogP) is 4.19. The number of aryl methyl sites for hydroxylation is 2. The summed E-state index contributed by atoms with van der Waals surface area (Å²) in [7, 11) is 1.40. The van der Waals surface area contributed by atoms with E-state index < -0.39 is 0 Å². The third-order valence-corrected chi connectivity index (χ3v) is 4.86. The van der Waals surface area contributed by atoms with Crippen LogP contribution in [0.25, 0.3) is 0 Å². The number of rotatable bonds is 3. The molecule has 1 atom stereocenters. The van der Waals surface area contributed by atoms with Crippen molar-refractivity contribution in [1.29, 1.82) is 0 Å². The van der Waals surface area contributed by atoms with Gasteiger partial charge in [0.15, 0.2) is 5.11 Å². The van der Waals surface area contributed by atoms with Crippen LogP contribution in [0.1, 0.15) is 29.7 Å². The number of thiocarbonyl (C=S) groups is 1. The summed E-state index contributed by atoms with van der Waals surface area (Å²) in [6, 6.07) is 15.7. The highest BCUT2D eigenvalue weighted by atomic mass is 32.1. The Morgan fingerprint density at radius 1 is 1.08 bits per heavy atom. The van der Waals surface area contributed by atoms with E-state index >= 15 is 0 Å². The second-order valence-electron chi connectivity index (χ2n) is 6.46.